The van der Waals surface area contributed by atoms with Crippen LogP contribution in [0.5, 0.6) is 5.75 Å². The van der Waals surface area contributed by atoms with Crippen LogP contribution >= 0.6 is 0 Å². The van der Waals surface area contributed by atoms with Crippen LogP contribution in [0.3, 0.4) is 0 Å². The molecule has 0 amide bonds. The minimum Gasteiger partial charge on any atom is -0.481 e. The molecular formula is C19H22N2O5S. The maximum absolute atomic E-state index is 13.1. The standard InChI is InChI=1S/C19H22N2O5S/c1-4-25-17(23)14-15(26-12-13-8-6-5-7-9-13)16(22)21-10-11-27(24)19(2,3)18(21)20-14/h5-9H,4,10-12H2,1-3H3. The van der Waals surface area contributed by atoms with Crippen LogP contribution in [0.2, 0.25) is 0 Å². The van der Waals surface area contributed by atoms with E-state index in [1.54, 1.807) is 20.8 Å². The third-order valence-corrected chi connectivity index (χ3v) is 6.30. The number of hydrogen-bond donors (Lipinski definition) is 0. The summed E-state index contributed by atoms with van der Waals surface area (Å²) in [5.74, 6) is -0.205. The Kier molecular flexibility index (Phi) is 5.46. The van der Waals surface area contributed by atoms with Gasteiger partial charge in [0.2, 0.25) is 5.75 Å². The number of rotatable bonds is 5. The molecule has 1 aromatic carbocycles. The van der Waals surface area contributed by atoms with E-state index in [0.717, 1.165) is 5.56 Å². The van der Waals surface area contributed by atoms with E-state index in [2.05, 4.69) is 4.98 Å². The highest BCUT2D eigenvalue weighted by molar-refractivity contribution is 7.86. The summed E-state index contributed by atoms with van der Waals surface area (Å²) in [4.78, 5) is 29.8. The third-order valence-electron chi connectivity index (χ3n) is 4.43. The molecule has 1 atom stereocenters. The largest absolute Gasteiger partial charge is 0.481 e. The van der Waals surface area contributed by atoms with Crippen LogP contribution < -0.4 is 10.3 Å². The van der Waals surface area contributed by atoms with Gasteiger partial charge < -0.3 is 9.47 Å². The molecular weight excluding hydrogens is 368 g/mol. The zero-order chi connectivity index (χ0) is 19.6. The number of fused-ring (bicyclic) bond motifs is 1. The molecule has 1 aliphatic rings. The van der Waals surface area contributed by atoms with Crippen molar-refractivity contribution in [2.24, 2.45) is 0 Å². The van der Waals surface area contributed by atoms with Gasteiger partial charge in [0, 0.05) is 23.1 Å². The Labute approximate surface area is 159 Å². The number of hydrogen-bond acceptors (Lipinski definition) is 6. The van der Waals surface area contributed by atoms with Gasteiger partial charge in [0.25, 0.3) is 5.56 Å². The van der Waals surface area contributed by atoms with Crippen molar-refractivity contribution >= 4 is 16.8 Å². The second-order valence-electron chi connectivity index (χ2n) is 6.62. The first-order valence-corrected chi connectivity index (χ1v) is 10.1. The molecule has 1 aromatic heterocycles. The fourth-order valence-electron chi connectivity index (χ4n) is 2.93. The van der Waals surface area contributed by atoms with E-state index in [0.29, 0.717) is 11.6 Å². The summed E-state index contributed by atoms with van der Waals surface area (Å²) in [6.07, 6.45) is 0. The fraction of sp³-hybridized carbons (Fsp3) is 0.421. The lowest BCUT2D eigenvalue weighted by atomic mass is 10.1. The Balaban J connectivity index is 2.09. The van der Waals surface area contributed by atoms with E-state index in [1.165, 1.54) is 4.57 Å². The number of benzene rings is 1. The van der Waals surface area contributed by atoms with Crippen molar-refractivity contribution in [1.29, 1.82) is 0 Å². The lowest BCUT2D eigenvalue weighted by Crippen LogP contribution is -2.43. The molecule has 0 aliphatic carbocycles. The zero-order valence-corrected chi connectivity index (χ0v) is 16.4. The molecule has 3 rings (SSSR count). The highest BCUT2D eigenvalue weighted by Crippen LogP contribution is 2.30. The van der Waals surface area contributed by atoms with E-state index in [-0.39, 0.29) is 31.2 Å². The Bertz CT molecular complexity index is 937. The normalized spacial score (nSPS) is 17.8. The van der Waals surface area contributed by atoms with Crippen LogP contribution in [0, 0.1) is 0 Å². The van der Waals surface area contributed by atoms with Gasteiger partial charge in [-0.15, -0.1) is 0 Å². The van der Waals surface area contributed by atoms with Gasteiger partial charge in [-0.3, -0.25) is 13.6 Å². The molecule has 27 heavy (non-hydrogen) atoms. The molecule has 8 heteroatoms. The number of aromatic nitrogens is 2. The number of carbonyl (C=O) groups is 1. The monoisotopic (exact) mass is 390 g/mol. The molecule has 1 aliphatic heterocycles. The average molecular weight is 390 g/mol. The maximum Gasteiger partial charge on any atom is 0.361 e. The quantitative estimate of drug-likeness (QED) is 0.726. The minimum atomic E-state index is -1.20. The number of esters is 1. The third kappa shape index (κ3) is 3.66. The molecule has 0 fully saturated rings. The molecule has 0 bridgehead atoms. The van der Waals surface area contributed by atoms with Crippen molar-refractivity contribution in [3.05, 3.63) is 57.8 Å². The van der Waals surface area contributed by atoms with E-state index in [4.69, 9.17) is 9.47 Å². The van der Waals surface area contributed by atoms with Gasteiger partial charge in [0.1, 0.15) is 12.4 Å². The van der Waals surface area contributed by atoms with E-state index < -0.39 is 27.1 Å². The Morgan fingerprint density at radius 2 is 2.00 bits per heavy atom. The highest BCUT2D eigenvalue weighted by atomic mass is 32.2. The molecule has 0 saturated heterocycles. The molecule has 144 valence electrons. The van der Waals surface area contributed by atoms with Gasteiger partial charge in [-0.1, -0.05) is 30.3 Å². The number of ether oxygens (including phenoxy) is 2. The molecule has 0 saturated carbocycles. The first-order chi connectivity index (χ1) is 12.9. The Morgan fingerprint density at radius 1 is 1.30 bits per heavy atom. The van der Waals surface area contributed by atoms with Crippen molar-refractivity contribution in [3.8, 4) is 5.75 Å². The first kappa shape index (κ1) is 19.3. The molecule has 2 aromatic rings. The lowest BCUT2D eigenvalue weighted by molar-refractivity contribution is 0.0511. The summed E-state index contributed by atoms with van der Waals surface area (Å²) < 4.78 is 23.8. The van der Waals surface area contributed by atoms with Gasteiger partial charge in [-0.25, -0.2) is 9.78 Å². The van der Waals surface area contributed by atoms with Crippen molar-refractivity contribution in [3.63, 3.8) is 0 Å². The van der Waals surface area contributed by atoms with Crippen LogP contribution in [0.25, 0.3) is 0 Å². The van der Waals surface area contributed by atoms with Gasteiger partial charge >= 0.3 is 5.97 Å². The van der Waals surface area contributed by atoms with Crippen LogP contribution in [-0.4, -0.2) is 32.1 Å². The number of carbonyl (C=O) groups excluding carboxylic acids is 1. The molecule has 2 heterocycles. The van der Waals surface area contributed by atoms with Crippen molar-refractivity contribution in [2.45, 2.75) is 38.7 Å². The summed E-state index contributed by atoms with van der Waals surface area (Å²) in [6.45, 7) is 5.71. The second-order valence-corrected chi connectivity index (χ2v) is 8.74. The van der Waals surface area contributed by atoms with Gasteiger partial charge in [-0.05, 0) is 26.3 Å². The van der Waals surface area contributed by atoms with Crippen LogP contribution in [0.1, 0.15) is 42.6 Å². The summed E-state index contributed by atoms with van der Waals surface area (Å²) in [7, 11) is -1.20. The van der Waals surface area contributed by atoms with Crippen molar-refractivity contribution in [1.82, 2.24) is 9.55 Å². The summed E-state index contributed by atoms with van der Waals surface area (Å²) in [5, 5.41) is 0. The fourth-order valence-corrected chi connectivity index (χ4v) is 4.15. The Morgan fingerprint density at radius 3 is 2.67 bits per heavy atom. The topological polar surface area (TPSA) is 87.5 Å². The number of nitrogens with zero attached hydrogens (tertiary/aromatic N) is 2. The smallest absolute Gasteiger partial charge is 0.361 e. The summed E-state index contributed by atoms with van der Waals surface area (Å²) in [6, 6.07) is 9.33. The van der Waals surface area contributed by atoms with E-state index >= 15 is 0 Å². The summed E-state index contributed by atoms with van der Waals surface area (Å²) >= 11 is 0. The molecule has 0 spiro atoms. The second kappa shape index (κ2) is 7.64. The highest BCUT2D eigenvalue weighted by Gasteiger charge is 2.39. The van der Waals surface area contributed by atoms with Gasteiger partial charge in [0.05, 0.1) is 11.4 Å². The molecule has 7 nitrogen and oxygen atoms in total. The SMILES string of the molecule is CCOC(=O)c1nc2n(c(=O)c1OCc1ccccc1)CCS(=O)C2(C)C. The van der Waals surface area contributed by atoms with Gasteiger partial charge in [0.15, 0.2) is 5.69 Å². The van der Waals surface area contributed by atoms with E-state index in [1.807, 2.05) is 30.3 Å². The van der Waals surface area contributed by atoms with E-state index in [9.17, 15) is 13.8 Å². The minimum absolute atomic E-state index is 0.124. The van der Waals surface area contributed by atoms with Crippen molar-refractivity contribution < 1.29 is 18.5 Å². The predicted octanol–water partition coefficient (Wildman–Crippen LogP) is 2.00. The lowest BCUT2D eigenvalue weighted by Gasteiger charge is -2.31. The van der Waals surface area contributed by atoms with Crippen LogP contribution in [0.4, 0.5) is 0 Å². The Hall–Kier alpha value is -2.48. The molecule has 0 radical (unpaired) electrons. The summed E-state index contributed by atoms with van der Waals surface area (Å²) in [5.41, 5.74) is 0.232. The first-order valence-electron chi connectivity index (χ1n) is 8.74. The zero-order valence-electron chi connectivity index (χ0n) is 15.6. The van der Waals surface area contributed by atoms with Gasteiger partial charge in [-0.2, -0.15) is 0 Å². The maximum atomic E-state index is 13.1. The average Bonchev–Trinajstić information content (AvgIpc) is 2.65. The van der Waals surface area contributed by atoms with Crippen molar-refractivity contribution in [2.75, 3.05) is 12.4 Å². The molecule has 0 N–H and O–H groups in total. The predicted molar refractivity (Wildman–Crippen MR) is 101 cm³/mol. The van der Waals surface area contributed by atoms with Crippen LogP contribution in [-0.2, 0) is 33.4 Å². The molecule has 1 unspecified atom stereocenters. The van der Waals surface area contributed by atoms with Crippen LogP contribution in [0.15, 0.2) is 35.1 Å².